The SMILES string of the molecule is N#Cc1ccc(-c2cncc3c2SCCN3C(=O)c2ccc(C(F)(F)F)cc2)cc1. The maximum atomic E-state index is 13.0. The predicted octanol–water partition coefficient (Wildman–Crippen LogP) is 5.39. The highest BCUT2D eigenvalue weighted by Crippen LogP contribution is 2.41. The summed E-state index contributed by atoms with van der Waals surface area (Å²) in [7, 11) is 0. The Kier molecular flexibility index (Phi) is 5.22. The second-order valence-corrected chi connectivity index (χ2v) is 7.71. The van der Waals surface area contributed by atoms with E-state index in [1.165, 1.54) is 12.1 Å². The van der Waals surface area contributed by atoms with Crippen LogP contribution in [0.1, 0.15) is 21.5 Å². The number of halogens is 3. The van der Waals surface area contributed by atoms with Gasteiger partial charge in [-0.15, -0.1) is 11.8 Å². The van der Waals surface area contributed by atoms with E-state index in [-0.39, 0.29) is 11.5 Å². The van der Waals surface area contributed by atoms with Gasteiger partial charge in [0.05, 0.1) is 29.1 Å². The lowest BCUT2D eigenvalue weighted by Crippen LogP contribution is -2.35. The number of benzene rings is 2. The first kappa shape index (κ1) is 20.0. The Morgan fingerprint density at radius 1 is 1.07 bits per heavy atom. The van der Waals surface area contributed by atoms with Gasteiger partial charge >= 0.3 is 6.18 Å². The Labute approximate surface area is 175 Å². The quantitative estimate of drug-likeness (QED) is 0.552. The standard InChI is InChI=1S/C22H14F3N3OS/c23-22(24,25)17-7-5-16(6-8-17)21(29)28-9-10-30-20-18(12-27-13-19(20)28)15-3-1-14(11-26)2-4-15/h1-8,12-13H,9-10H2. The number of anilines is 1. The number of nitrogens with zero attached hydrogens (tertiary/aromatic N) is 3. The Bertz CT molecular complexity index is 1140. The molecular weight excluding hydrogens is 411 g/mol. The molecule has 0 unspecified atom stereocenters. The molecule has 8 heteroatoms. The molecule has 0 fully saturated rings. The number of aromatic nitrogens is 1. The van der Waals surface area contributed by atoms with Crippen LogP contribution in [0.2, 0.25) is 0 Å². The van der Waals surface area contributed by atoms with Crippen molar-refractivity contribution in [3.8, 4) is 17.2 Å². The summed E-state index contributed by atoms with van der Waals surface area (Å²) in [6.45, 7) is 0.427. The first-order valence-electron chi connectivity index (χ1n) is 8.99. The molecular formula is C22H14F3N3OS. The van der Waals surface area contributed by atoms with Gasteiger partial charge in [-0.3, -0.25) is 9.78 Å². The topological polar surface area (TPSA) is 57.0 Å². The Morgan fingerprint density at radius 3 is 2.40 bits per heavy atom. The van der Waals surface area contributed by atoms with E-state index in [0.29, 0.717) is 23.5 Å². The number of rotatable bonds is 2. The summed E-state index contributed by atoms with van der Waals surface area (Å²) < 4.78 is 38.4. The molecule has 1 aliphatic rings. The highest BCUT2D eigenvalue weighted by Gasteiger charge is 2.31. The first-order chi connectivity index (χ1) is 14.4. The van der Waals surface area contributed by atoms with Crippen molar-refractivity contribution in [2.75, 3.05) is 17.2 Å². The molecule has 0 saturated carbocycles. The summed E-state index contributed by atoms with van der Waals surface area (Å²) in [5.74, 6) is 0.274. The number of fused-ring (bicyclic) bond motifs is 1. The molecule has 2 heterocycles. The van der Waals surface area contributed by atoms with Gasteiger partial charge in [0.15, 0.2) is 0 Å². The molecule has 0 N–H and O–H groups in total. The number of thioether (sulfide) groups is 1. The van der Waals surface area contributed by atoms with E-state index >= 15 is 0 Å². The highest BCUT2D eigenvalue weighted by molar-refractivity contribution is 7.99. The average Bonchev–Trinajstić information content (AvgIpc) is 2.77. The van der Waals surface area contributed by atoms with Gasteiger partial charge in [-0.1, -0.05) is 12.1 Å². The van der Waals surface area contributed by atoms with Gasteiger partial charge in [-0.2, -0.15) is 18.4 Å². The van der Waals surface area contributed by atoms with Crippen molar-refractivity contribution in [1.82, 2.24) is 4.98 Å². The Morgan fingerprint density at radius 2 is 1.77 bits per heavy atom. The van der Waals surface area contributed by atoms with Gasteiger partial charge in [0.25, 0.3) is 5.91 Å². The maximum absolute atomic E-state index is 13.0. The molecule has 0 spiro atoms. The monoisotopic (exact) mass is 425 g/mol. The number of hydrogen-bond acceptors (Lipinski definition) is 4. The fourth-order valence-corrected chi connectivity index (χ4v) is 4.35. The van der Waals surface area contributed by atoms with E-state index in [1.807, 2.05) is 12.1 Å². The molecule has 1 aliphatic heterocycles. The molecule has 1 aromatic heterocycles. The van der Waals surface area contributed by atoms with Crippen LogP contribution < -0.4 is 4.90 Å². The zero-order valence-electron chi connectivity index (χ0n) is 15.5. The third-order valence-corrected chi connectivity index (χ3v) is 5.86. The Hall–Kier alpha value is -3.31. The van der Waals surface area contributed by atoms with Crippen molar-refractivity contribution < 1.29 is 18.0 Å². The van der Waals surface area contributed by atoms with Crippen LogP contribution in [0.25, 0.3) is 11.1 Å². The minimum absolute atomic E-state index is 0.185. The fraction of sp³-hybridized carbons (Fsp3) is 0.136. The van der Waals surface area contributed by atoms with Crippen molar-refractivity contribution in [2.24, 2.45) is 0 Å². The molecule has 3 aromatic rings. The summed E-state index contributed by atoms with van der Waals surface area (Å²) in [5.41, 5.74) is 2.27. The molecule has 4 rings (SSSR count). The van der Waals surface area contributed by atoms with Gasteiger partial charge in [0, 0.05) is 34.5 Å². The number of amides is 1. The minimum atomic E-state index is -4.45. The van der Waals surface area contributed by atoms with Crippen LogP contribution in [-0.4, -0.2) is 23.2 Å². The van der Waals surface area contributed by atoms with Crippen molar-refractivity contribution in [3.05, 3.63) is 77.6 Å². The highest BCUT2D eigenvalue weighted by atomic mass is 32.2. The molecule has 4 nitrogen and oxygen atoms in total. The lowest BCUT2D eigenvalue weighted by atomic mass is 10.0. The number of carbonyl (C=O) groups is 1. The number of nitriles is 1. The molecule has 1 amide bonds. The summed E-state index contributed by atoms with van der Waals surface area (Å²) in [4.78, 5) is 19.7. The van der Waals surface area contributed by atoms with Gasteiger partial charge in [-0.25, -0.2) is 0 Å². The summed E-state index contributed by atoms with van der Waals surface area (Å²) in [5, 5.41) is 8.98. The molecule has 0 saturated heterocycles. The van der Waals surface area contributed by atoms with Gasteiger partial charge in [0.2, 0.25) is 0 Å². The van der Waals surface area contributed by atoms with E-state index in [2.05, 4.69) is 11.1 Å². The summed E-state index contributed by atoms with van der Waals surface area (Å²) in [6, 6.07) is 13.4. The van der Waals surface area contributed by atoms with E-state index < -0.39 is 11.7 Å². The zero-order chi connectivity index (χ0) is 21.3. The van der Waals surface area contributed by atoms with Crippen LogP contribution >= 0.6 is 11.8 Å². The minimum Gasteiger partial charge on any atom is -0.305 e. The zero-order valence-corrected chi connectivity index (χ0v) is 16.3. The third kappa shape index (κ3) is 3.76. The van der Waals surface area contributed by atoms with Crippen LogP contribution in [0.15, 0.2) is 65.8 Å². The van der Waals surface area contributed by atoms with Crippen LogP contribution in [0.4, 0.5) is 18.9 Å². The van der Waals surface area contributed by atoms with Crippen molar-refractivity contribution in [1.29, 1.82) is 5.26 Å². The van der Waals surface area contributed by atoms with Crippen LogP contribution in [-0.2, 0) is 6.18 Å². The largest absolute Gasteiger partial charge is 0.416 e. The number of alkyl halides is 3. The predicted molar refractivity (Wildman–Crippen MR) is 108 cm³/mol. The summed E-state index contributed by atoms with van der Waals surface area (Å²) in [6.07, 6.45) is -1.15. The second kappa shape index (κ2) is 7.84. The van der Waals surface area contributed by atoms with E-state index in [9.17, 15) is 18.0 Å². The number of pyridine rings is 1. The fourth-order valence-electron chi connectivity index (χ4n) is 3.24. The molecule has 0 atom stereocenters. The van der Waals surface area contributed by atoms with Crippen molar-refractivity contribution >= 4 is 23.4 Å². The van der Waals surface area contributed by atoms with Crippen LogP contribution in [0.5, 0.6) is 0 Å². The normalized spacial score (nSPS) is 13.5. The molecule has 0 radical (unpaired) electrons. The van der Waals surface area contributed by atoms with Gasteiger partial charge in [0.1, 0.15) is 0 Å². The second-order valence-electron chi connectivity index (χ2n) is 6.60. The molecule has 2 aromatic carbocycles. The number of carbonyl (C=O) groups excluding carboxylic acids is 1. The molecule has 0 aliphatic carbocycles. The van der Waals surface area contributed by atoms with Crippen molar-refractivity contribution in [3.63, 3.8) is 0 Å². The van der Waals surface area contributed by atoms with Gasteiger partial charge < -0.3 is 4.90 Å². The average molecular weight is 425 g/mol. The lowest BCUT2D eigenvalue weighted by Gasteiger charge is -2.30. The third-order valence-electron chi connectivity index (χ3n) is 4.76. The van der Waals surface area contributed by atoms with E-state index in [4.69, 9.17) is 5.26 Å². The van der Waals surface area contributed by atoms with Gasteiger partial charge in [-0.05, 0) is 42.0 Å². The van der Waals surface area contributed by atoms with Crippen LogP contribution in [0.3, 0.4) is 0 Å². The van der Waals surface area contributed by atoms with E-state index in [1.54, 1.807) is 41.2 Å². The van der Waals surface area contributed by atoms with Crippen LogP contribution in [0, 0.1) is 11.3 Å². The summed E-state index contributed by atoms with van der Waals surface area (Å²) >= 11 is 1.59. The smallest absolute Gasteiger partial charge is 0.305 e. The maximum Gasteiger partial charge on any atom is 0.416 e. The lowest BCUT2D eigenvalue weighted by molar-refractivity contribution is -0.137. The van der Waals surface area contributed by atoms with E-state index in [0.717, 1.165) is 28.2 Å². The Balaban J connectivity index is 1.69. The molecule has 30 heavy (non-hydrogen) atoms. The van der Waals surface area contributed by atoms with Crippen molar-refractivity contribution in [2.45, 2.75) is 11.1 Å². The molecule has 150 valence electrons. The molecule has 0 bridgehead atoms. The number of hydrogen-bond donors (Lipinski definition) is 0. The first-order valence-corrected chi connectivity index (χ1v) is 9.97.